The third-order valence-electron chi connectivity index (χ3n) is 5.66. The minimum absolute atomic E-state index is 0.145. The van der Waals surface area contributed by atoms with Gasteiger partial charge >= 0.3 is 0 Å². The normalized spacial score (nSPS) is 14.3. The zero-order valence-corrected chi connectivity index (χ0v) is 19.7. The smallest absolute Gasteiger partial charge is 0.282 e. The number of carbonyl (C=O) groups excluding carboxylic acids is 2. The molecule has 0 fully saturated rings. The number of amidine groups is 1. The number of carbonyl (C=O) groups is 2. The van der Waals surface area contributed by atoms with Crippen molar-refractivity contribution in [3.8, 4) is 0 Å². The van der Waals surface area contributed by atoms with Crippen LogP contribution in [0.1, 0.15) is 31.9 Å². The van der Waals surface area contributed by atoms with Gasteiger partial charge in [0.05, 0.1) is 5.69 Å². The molecule has 3 aromatic rings. The van der Waals surface area contributed by atoms with Gasteiger partial charge in [-0.2, -0.15) is 0 Å². The lowest BCUT2D eigenvalue weighted by Gasteiger charge is -2.20. The summed E-state index contributed by atoms with van der Waals surface area (Å²) in [6.45, 7) is 7.61. The second-order valence-electron chi connectivity index (χ2n) is 7.96. The van der Waals surface area contributed by atoms with Crippen molar-refractivity contribution in [2.45, 2.75) is 20.8 Å². The molecule has 6 heteroatoms. The van der Waals surface area contributed by atoms with Gasteiger partial charge in [0.15, 0.2) is 0 Å². The monoisotopic (exact) mass is 452 g/mol. The molecule has 1 aliphatic heterocycles. The molecule has 0 saturated carbocycles. The molecule has 2 amide bonds. The lowest BCUT2D eigenvalue weighted by atomic mass is 10.1. The number of amides is 2. The van der Waals surface area contributed by atoms with Gasteiger partial charge in [0, 0.05) is 37.0 Å². The average molecular weight is 453 g/mol. The fourth-order valence-corrected chi connectivity index (χ4v) is 3.96. The van der Waals surface area contributed by atoms with Crippen LogP contribution in [-0.2, 0) is 9.59 Å². The molecule has 172 valence electrons. The number of benzene rings is 3. The van der Waals surface area contributed by atoms with E-state index >= 15 is 0 Å². The third kappa shape index (κ3) is 4.91. The van der Waals surface area contributed by atoms with Gasteiger partial charge in [-0.25, -0.2) is 4.99 Å². The van der Waals surface area contributed by atoms with E-state index in [4.69, 9.17) is 4.99 Å². The maximum atomic E-state index is 13.5. The molecule has 0 aliphatic carbocycles. The van der Waals surface area contributed by atoms with Crippen LogP contribution in [0.15, 0.2) is 89.6 Å². The fourth-order valence-electron chi connectivity index (χ4n) is 3.96. The van der Waals surface area contributed by atoms with Gasteiger partial charge < -0.3 is 10.2 Å². The van der Waals surface area contributed by atoms with Crippen LogP contribution in [0.4, 0.5) is 17.1 Å². The Morgan fingerprint density at radius 3 is 2.18 bits per heavy atom. The summed E-state index contributed by atoms with van der Waals surface area (Å²) in [4.78, 5) is 33.5. The summed E-state index contributed by atoms with van der Waals surface area (Å²) in [5.41, 5.74) is 4.65. The first-order valence-electron chi connectivity index (χ1n) is 11.4. The maximum absolute atomic E-state index is 13.5. The van der Waals surface area contributed by atoms with Crippen LogP contribution in [0.3, 0.4) is 0 Å². The predicted octanol–water partition coefficient (Wildman–Crippen LogP) is 5.33. The van der Waals surface area contributed by atoms with Crippen LogP contribution >= 0.6 is 0 Å². The quantitative estimate of drug-likeness (QED) is 0.493. The van der Waals surface area contributed by atoms with E-state index in [0.717, 1.165) is 29.9 Å². The minimum Gasteiger partial charge on any atom is -0.372 e. The van der Waals surface area contributed by atoms with E-state index in [0.29, 0.717) is 22.9 Å². The van der Waals surface area contributed by atoms with Crippen LogP contribution in [0.2, 0.25) is 0 Å². The maximum Gasteiger partial charge on any atom is 0.282 e. The first-order chi connectivity index (χ1) is 16.5. The van der Waals surface area contributed by atoms with Crippen molar-refractivity contribution in [1.82, 2.24) is 0 Å². The summed E-state index contributed by atoms with van der Waals surface area (Å²) in [5, 5.41) is 2.75. The topological polar surface area (TPSA) is 65.0 Å². The van der Waals surface area contributed by atoms with Gasteiger partial charge in [-0.05, 0) is 61.9 Å². The Labute approximate surface area is 200 Å². The van der Waals surface area contributed by atoms with E-state index in [1.807, 2.05) is 60.7 Å². The standard InChI is InChI=1S/C28H28N4O2/c1-4-31(5-2)24-15-11-21(12-16-24)19-26-28(34)32(27(30-26)22-9-7-6-8-10-22)25-17-13-23(14-18-25)29-20(3)33/h6-19H,4-5H2,1-3H3,(H,29,33)/b26-19+. The Kier molecular flexibility index (Phi) is 6.87. The largest absolute Gasteiger partial charge is 0.372 e. The summed E-state index contributed by atoms with van der Waals surface area (Å²) in [5.74, 6) is 0.233. The Balaban J connectivity index is 1.69. The number of aliphatic imine (C=N–C) groups is 1. The lowest BCUT2D eigenvalue weighted by molar-refractivity contribution is -0.114. The number of rotatable bonds is 7. The van der Waals surface area contributed by atoms with Crippen molar-refractivity contribution >= 4 is 40.8 Å². The number of hydrogen-bond acceptors (Lipinski definition) is 4. The summed E-state index contributed by atoms with van der Waals surface area (Å²) in [7, 11) is 0. The summed E-state index contributed by atoms with van der Waals surface area (Å²) in [6.07, 6.45) is 1.82. The average Bonchev–Trinajstić information content (AvgIpc) is 3.17. The number of nitrogens with zero attached hydrogens (tertiary/aromatic N) is 3. The van der Waals surface area contributed by atoms with E-state index in [-0.39, 0.29) is 11.8 Å². The highest BCUT2D eigenvalue weighted by molar-refractivity contribution is 6.33. The van der Waals surface area contributed by atoms with Gasteiger partial charge in [-0.3, -0.25) is 14.5 Å². The molecule has 0 bridgehead atoms. The Morgan fingerprint density at radius 2 is 1.59 bits per heavy atom. The molecular formula is C28H28N4O2. The highest BCUT2D eigenvalue weighted by Gasteiger charge is 2.32. The molecule has 6 nitrogen and oxygen atoms in total. The molecule has 0 atom stereocenters. The molecular weight excluding hydrogens is 424 g/mol. The molecule has 0 radical (unpaired) electrons. The van der Waals surface area contributed by atoms with E-state index in [2.05, 4.69) is 36.2 Å². The van der Waals surface area contributed by atoms with Gasteiger partial charge in [0.1, 0.15) is 11.5 Å². The zero-order valence-electron chi connectivity index (χ0n) is 19.7. The molecule has 0 spiro atoms. The lowest BCUT2D eigenvalue weighted by Crippen LogP contribution is -2.32. The molecule has 1 N–H and O–H groups in total. The molecule has 0 saturated heterocycles. The van der Waals surface area contributed by atoms with E-state index in [1.54, 1.807) is 17.0 Å². The third-order valence-corrected chi connectivity index (χ3v) is 5.66. The summed E-state index contributed by atoms with van der Waals surface area (Å²) >= 11 is 0. The second-order valence-corrected chi connectivity index (χ2v) is 7.96. The van der Waals surface area contributed by atoms with Crippen molar-refractivity contribution in [3.63, 3.8) is 0 Å². The van der Waals surface area contributed by atoms with Crippen molar-refractivity contribution in [1.29, 1.82) is 0 Å². The molecule has 3 aromatic carbocycles. The number of hydrogen-bond donors (Lipinski definition) is 1. The molecule has 0 unspecified atom stereocenters. The van der Waals surface area contributed by atoms with Crippen LogP contribution in [0.5, 0.6) is 0 Å². The SMILES string of the molecule is CCN(CC)c1ccc(/C=C2/N=C(c3ccccc3)N(c3ccc(NC(C)=O)cc3)C2=O)cc1. The first kappa shape index (κ1) is 23.0. The van der Waals surface area contributed by atoms with Crippen molar-refractivity contribution < 1.29 is 9.59 Å². The van der Waals surface area contributed by atoms with Gasteiger partial charge in [0.25, 0.3) is 5.91 Å². The Morgan fingerprint density at radius 1 is 0.941 bits per heavy atom. The van der Waals surface area contributed by atoms with E-state index in [9.17, 15) is 9.59 Å². The first-order valence-corrected chi connectivity index (χ1v) is 11.4. The van der Waals surface area contributed by atoms with Gasteiger partial charge in [-0.1, -0.05) is 42.5 Å². The van der Waals surface area contributed by atoms with Crippen LogP contribution < -0.4 is 15.1 Å². The molecule has 34 heavy (non-hydrogen) atoms. The molecule has 1 aliphatic rings. The molecule has 1 heterocycles. The van der Waals surface area contributed by atoms with Crippen molar-refractivity contribution in [2.75, 3.05) is 28.2 Å². The van der Waals surface area contributed by atoms with Gasteiger partial charge in [-0.15, -0.1) is 0 Å². The predicted molar refractivity (Wildman–Crippen MR) is 139 cm³/mol. The van der Waals surface area contributed by atoms with Crippen LogP contribution in [-0.4, -0.2) is 30.7 Å². The molecule has 0 aromatic heterocycles. The summed E-state index contributed by atoms with van der Waals surface area (Å²) in [6, 6.07) is 25.0. The highest BCUT2D eigenvalue weighted by Crippen LogP contribution is 2.29. The van der Waals surface area contributed by atoms with E-state index in [1.165, 1.54) is 6.92 Å². The molecule has 4 rings (SSSR count). The van der Waals surface area contributed by atoms with Crippen molar-refractivity contribution in [2.24, 2.45) is 4.99 Å². The fraction of sp³-hybridized carbons (Fsp3) is 0.179. The highest BCUT2D eigenvalue weighted by atomic mass is 16.2. The van der Waals surface area contributed by atoms with Gasteiger partial charge in [0.2, 0.25) is 5.91 Å². The van der Waals surface area contributed by atoms with E-state index < -0.39 is 0 Å². The minimum atomic E-state index is -0.195. The zero-order chi connectivity index (χ0) is 24.1. The Hall–Kier alpha value is -4.19. The number of anilines is 3. The Bertz CT molecular complexity index is 1230. The second kappa shape index (κ2) is 10.2. The van der Waals surface area contributed by atoms with Crippen molar-refractivity contribution in [3.05, 3.63) is 95.7 Å². The van der Waals surface area contributed by atoms with Crippen LogP contribution in [0.25, 0.3) is 6.08 Å². The summed E-state index contributed by atoms with van der Waals surface area (Å²) < 4.78 is 0. The number of nitrogens with one attached hydrogen (secondary N) is 1. The van der Waals surface area contributed by atoms with Crippen LogP contribution in [0, 0.1) is 0 Å².